The Morgan fingerprint density at radius 3 is 2.58 bits per heavy atom. The molecule has 0 bridgehead atoms. The molecule has 3 rings (SSSR count). The highest BCUT2D eigenvalue weighted by atomic mass is 16.5. The summed E-state index contributed by atoms with van der Waals surface area (Å²) in [6, 6.07) is 4.56. The average Bonchev–Trinajstić information content (AvgIpc) is 3.31. The number of carboxylic acid groups (broad SMARTS) is 1. The predicted octanol–water partition coefficient (Wildman–Crippen LogP) is 2.97. The van der Waals surface area contributed by atoms with E-state index in [9.17, 15) is 14.7 Å². The second kappa shape index (κ2) is 7.47. The van der Waals surface area contributed by atoms with Crippen molar-refractivity contribution in [2.24, 2.45) is 0 Å². The number of hydrogen-bond acceptors (Lipinski definition) is 5. The highest BCUT2D eigenvalue weighted by Crippen LogP contribution is 2.37. The maximum Gasteiger partial charge on any atom is 0.335 e. The van der Waals surface area contributed by atoms with Crippen LogP contribution in [0.4, 0.5) is 5.69 Å². The third-order valence-corrected chi connectivity index (χ3v) is 4.55. The van der Waals surface area contributed by atoms with Crippen LogP contribution in [0.1, 0.15) is 52.6 Å². The molecule has 1 aromatic heterocycles. The molecule has 1 heterocycles. The molecule has 1 aliphatic rings. The van der Waals surface area contributed by atoms with Crippen molar-refractivity contribution in [1.29, 1.82) is 0 Å². The summed E-state index contributed by atoms with van der Waals surface area (Å²) in [6.07, 6.45) is 5.83. The first-order valence-corrected chi connectivity index (χ1v) is 8.39. The number of carbonyl (C=O) groups is 2. The van der Waals surface area contributed by atoms with Crippen molar-refractivity contribution in [2.45, 2.75) is 31.7 Å². The normalized spacial score (nSPS) is 14.2. The van der Waals surface area contributed by atoms with Gasteiger partial charge in [-0.1, -0.05) is 12.8 Å². The number of anilines is 1. The van der Waals surface area contributed by atoms with E-state index < -0.39 is 5.97 Å². The lowest BCUT2D eigenvalue weighted by atomic mass is 10.1. The molecule has 1 saturated carbocycles. The molecule has 1 aliphatic carbocycles. The number of ether oxygens (including phenoxy) is 2. The van der Waals surface area contributed by atoms with Crippen LogP contribution in [0.3, 0.4) is 0 Å². The van der Waals surface area contributed by atoms with Gasteiger partial charge in [-0.3, -0.25) is 9.48 Å². The zero-order valence-electron chi connectivity index (χ0n) is 14.7. The van der Waals surface area contributed by atoms with E-state index >= 15 is 0 Å². The third kappa shape index (κ3) is 3.35. The first-order valence-electron chi connectivity index (χ1n) is 8.39. The Morgan fingerprint density at radius 2 is 1.96 bits per heavy atom. The second-order valence-corrected chi connectivity index (χ2v) is 6.12. The van der Waals surface area contributed by atoms with Crippen LogP contribution in [-0.2, 0) is 0 Å². The molecule has 1 aromatic carbocycles. The lowest BCUT2D eigenvalue weighted by Crippen LogP contribution is -2.20. The summed E-state index contributed by atoms with van der Waals surface area (Å²) in [6.45, 7) is 0. The van der Waals surface area contributed by atoms with E-state index in [1.165, 1.54) is 26.4 Å². The molecule has 8 nitrogen and oxygen atoms in total. The van der Waals surface area contributed by atoms with Gasteiger partial charge in [0.05, 0.1) is 31.5 Å². The van der Waals surface area contributed by atoms with Crippen molar-refractivity contribution in [3.63, 3.8) is 0 Å². The van der Waals surface area contributed by atoms with Gasteiger partial charge in [-0.25, -0.2) is 4.79 Å². The van der Waals surface area contributed by atoms with Gasteiger partial charge >= 0.3 is 5.97 Å². The van der Waals surface area contributed by atoms with Crippen LogP contribution < -0.4 is 14.8 Å². The van der Waals surface area contributed by atoms with Crippen molar-refractivity contribution in [3.05, 3.63) is 35.7 Å². The zero-order chi connectivity index (χ0) is 18.7. The van der Waals surface area contributed by atoms with Crippen molar-refractivity contribution >= 4 is 17.6 Å². The number of amides is 1. The number of aromatic carboxylic acids is 1. The molecular weight excluding hydrogens is 338 g/mol. The Balaban J connectivity index is 1.93. The van der Waals surface area contributed by atoms with Crippen LogP contribution in [-0.4, -0.2) is 41.0 Å². The van der Waals surface area contributed by atoms with Crippen LogP contribution in [0.5, 0.6) is 11.5 Å². The highest BCUT2D eigenvalue weighted by Gasteiger charge is 2.24. The SMILES string of the molecule is COc1cc(C(=O)O)cc(NC(=O)c2ccnn2C2CCCC2)c1OC. The number of nitrogens with one attached hydrogen (secondary N) is 1. The zero-order valence-corrected chi connectivity index (χ0v) is 14.7. The number of nitrogens with zero attached hydrogens (tertiary/aromatic N) is 2. The summed E-state index contributed by atoms with van der Waals surface area (Å²) in [5.41, 5.74) is 0.648. The van der Waals surface area contributed by atoms with E-state index in [0.29, 0.717) is 5.69 Å². The summed E-state index contributed by atoms with van der Waals surface area (Å²) in [5.74, 6) is -1.01. The van der Waals surface area contributed by atoms with E-state index in [1.807, 2.05) is 0 Å². The van der Waals surface area contributed by atoms with Crippen LogP contribution in [0.25, 0.3) is 0 Å². The minimum absolute atomic E-state index is 0.0118. The summed E-state index contributed by atoms with van der Waals surface area (Å²) < 4.78 is 12.2. The number of carboxylic acids is 1. The van der Waals surface area contributed by atoms with Crippen LogP contribution in [0.2, 0.25) is 0 Å². The number of benzene rings is 1. The van der Waals surface area contributed by atoms with Gasteiger partial charge in [0, 0.05) is 6.20 Å². The summed E-state index contributed by atoms with van der Waals surface area (Å²) in [5, 5.41) is 16.3. The molecule has 1 fully saturated rings. The molecular formula is C18H21N3O5. The molecule has 0 saturated heterocycles. The smallest absolute Gasteiger partial charge is 0.335 e. The van der Waals surface area contributed by atoms with Gasteiger partial charge in [-0.15, -0.1) is 0 Å². The van der Waals surface area contributed by atoms with E-state index in [2.05, 4.69) is 10.4 Å². The van der Waals surface area contributed by atoms with Crippen molar-refractivity contribution in [1.82, 2.24) is 9.78 Å². The summed E-state index contributed by atoms with van der Waals surface area (Å²) >= 11 is 0. The molecule has 0 spiro atoms. The Labute approximate surface area is 150 Å². The molecule has 138 valence electrons. The topological polar surface area (TPSA) is 103 Å². The fraction of sp³-hybridized carbons (Fsp3) is 0.389. The fourth-order valence-electron chi connectivity index (χ4n) is 3.30. The molecule has 0 aliphatic heterocycles. The monoisotopic (exact) mass is 359 g/mol. The van der Waals surface area contributed by atoms with E-state index in [-0.39, 0.29) is 34.7 Å². The molecule has 2 aromatic rings. The number of hydrogen-bond donors (Lipinski definition) is 2. The molecule has 26 heavy (non-hydrogen) atoms. The summed E-state index contributed by atoms with van der Waals surface area (Å²) in [7, 11) is 2.83. The average molecular weight is 359 g/mol. The van der Waals surface area contributed by atoms with Crippen molar-refractivity contribution in [2.75, 3.05) is 19.5 Å². The Morgan fingerprint density at radius 1 is 1.23 bits per heavy atom. The largest absolute Gasteiger partial charge is 0.493 e. The second-order valence-electron chi connectivity index (χ2n) is 6.12. The minimum atomic E-state index is -1.13. The third-order valence-electron chi connectivity index (χ3n) is 4.55. The number of methoxy groups -OCH3 is 2. The van der Waals surface area contributed by atoms with Gasteiger partial charge in [0.15, 0.2) is 11.5 Å². The maximum atomic E-state index is 12.8. The molecule has 0 radical (unpaired) electrons. The predicted molar refractivity (Wildman–Crippen MR) is 94.2 cm³/mol. The van der Waals surface area contributed by atoms with Crippen molar-refractivity contribution < 1.29 is 24.2 Å². The fourth-order valence-corrected chi connectivity index (χ4v) is 3.30. The van der Waals surface area contributed by atoms with Gasteiger partial charge in [-0.05, 0) is 31.0 Å². The minimum Gasteiger partial charge on any atom is -0.493 e. The van der Waals surface area contributed by atoms with Gasteiger partial charge in [0.2, 0.25) is 0 Å². The van der Waals surface area contributed by atoms with E-state index in [0.717, 1.165) is 25.7 Å². The molecule has 0 unspecified atom stereocenters. The quantitative estimate of drug-likeness (QED) is 0.822. The first-order chi connectivity index (χ1) is 12.5. The van der Waals surface area contributed by atoms with Gasteiger partial charge in [-0.2, -0.15) is 5.10 Å². The van der Waals surface area contributed by atoms with Crippen LogP contribution >= 0.6 is 0 Å². The number of carbonyl (C=O) groups excluding carboxylic acids is 1. The lowest BCUT2D eigenvalue weighted by Gasteiger charge is -2.17. The van der Waals surface area contributed by atoms with E-state index in [1.54, 1.807) is 16.9 Å². The lowest BCUT2D eigenvalue weighted by molar-refractivity contribution is 0.0696. The van der Waals surface area contributed by atoms with E-state index in [4.69, 9.17) is 9.47 Å². The van der Waals surface area contributed by atoms with Gasteiger partial charge in [0.1, 0.15) is 5.69 Å². The molecule has 1 amide bonds. The maximum absolute atomic E-state index is 12.8. The van der Waals surface area contributed by atoms with Gasteiger partial charge < -0.3 is 19.9 Å². The van der Waals surface area contributed by atoms with Crippen LogP contribution in [0, 0.1) is 0 Å². The Bertz CT molecular complexity index is 824. The Hall–Kier alpha value is -3.03. The van der Waals surface area contributed by atoms with Gasteiger partial charge in [0.25, 0.3) is 5.91 Å². The molecule has 2 N–H and O–H groups in total. The van der Waals surface area contributed by atoms with Crippen molar-refractivity contribution in [3.8, 4) is 11.5 Å². The first kappa shape index (κ1) is 17.8. The molecule has 0 atom stereocenters. The highest BCUT2D eigenvalue weighted by molar-refractivity contribution is 6.05. The standard InChI is InChI=1S/C18H21N3O5/c1-25-15-10-11(18(23)24)9-13(16(15)26-2)20-17(22)14-7-8-19-21(14)12-5-3-4-6-12/h7-10,12H,3-6H2,1-2H3,(H,20,22)(H,23,24). The Kier molecular flexibility index (Phi) is 5.11. The molecule has 8 heteroatoms. The number of rotatable bonds is 6. The van der Waals surface area contributed by atoms with Crippen LogP contribution in [0.15, 0.2) is 24.4 Å². The summed E-state index contributed by atoms with van der Waals surface area (Å²) in [4.78, 5) is 24.1. The number of aromatic nitrogens is 2.